The number of anilines is 1. The molecule has 1 unspecified atom stereocenters. The van der Waals surface area contributed by atoms with Gasteiger partial charge in [0, 0.05) is 11.6 Å². The minimum Gasteiger partial charge on any atom is -0.494 e. The average Bonchev–Trinajstić information content (AvgIpc) is 3.13. The topological polar surface area (TPSA) is 66.9 Å². The molecule has 1 aliphatic heterocycles. The highest BCUT2D eigenvalue weighted by atomic mass is 35.5. The van der Waals surface area contributed by atoms with Gasteiger partial charge in [0.15, 0.2) is 0 Å². The van der Waals surface area contributed by atoms with Crippen LogP contribution in [-0.4, -0.2) is 35.3 Å². The van der Waals surface area contributed by atoms with Gasteiger partial charge in [-0.05, 0) is 55.0 Å². The lowest BCUT2D eigenvalue weighted by atomic mass is 10.1. The van der Waals surface area contributed by atoms with Crippen LogP contribution in [0, 0.1) is 5.82 Å². The summed E-state index contributed by atoms with van der Waals surface area (Å²) < 4.78 is 19.9. The van der Waals surface area contributed by atoms with E-state index in [9.17, 15) is 18.8 Å². The largest absolute Gasteiger partial charge is 0.494 e. The first-order valence-electron chi connectivity index (χ1n) is 10.8. The van der Waals surface area contributed by atoms with E-state index in [0.717, 1.165) is 4.90 Å². The van der Waals surface area contributed by atoms with Gasteiger partial charge in [-0.3, -0.25) is 14.4 Å². The first-order chi connectivity index (χ1) is 16.4. The van der Waals surface area contributed by atoms with E-state index >= 15 is 0 Å². The van der Waals surface area contributed by atoms with Gasteiger partial charge < -0.3 is 9.64 Å². The minimum atomic E-state index is -1.11. The molecule has 1 saturated heterocycles. The smallest absolute Gasteiger partial charge is 0.257 e. The first-order valence-corrected chi connectivity index (χ1v) is 11.2. The molecule has 0 bridgehead atoms. The number of rotatable bonds is 7. The summed E-state index contributed by atoms with van der Waals surface area (Å²) in [4.78, 5) is 42.0. The molecule has 3 aromatic rings. The van der Waals surface area contributed by atoms with Gasteiger partial charge in [-0.2, -0.15) is 0 Å². The molecule has 4 rings (SSSR count). The number of hydrogen-bond acceptors (Lipinski definition) is 4. The van der Waals surface area contributed by atoms with Crippen molar-refractivity contribution in [1.82, 2.24) is 4.90 Å². The zero-order valence-electron chi connectivity index (χ0n) is 18.4. The van der Waals surface area contributed by atoms with Gasteiger partial charge in [0.2, 0.25) is 5.91 Å². The van der Waals surface area contributed by atoms with Crippen LogP contribution in [0.15, 0.2) is 72.8 Å². The lowest BCUT2D eigenvalue weighted by Gasteiger charge is -2.28. The van der Waals surface area contributed by atoms with Gasteiger partial charge in [0.1, 0.15) is 17.6 Å². The third kappa shape index (κ3) is 4.65. The van der Waals surface area contributed by atoms with Gasteiger partial charge in [-0.25, -0.2) is 9.29 Å². The second-order valence-electron chi connectivity index (χ2n) is 7.72. The summed E-state index contributed by atoms with van der Waals surface area (Å²) in [5.74, 6) is -1.82. The van der Waals surface area contributed by atoms with Crippen LogP contribution in [0.1, 0.15) is 29.3 Å². The maximum Gasteiger partial charge on any atom is 0.257 e. The van der Waals surface area contributed by atoms with Crippen LogP contribution in [-0.2, 0) is 16.1 Å². The summed E-state index contributed by atoms with van der Waals surface area (Å²) in [6.07, 6.45) is -0.226. The number of imide groups is 1. The fourth-order valence-electron chi connectivity index (χ4n) is 3.91. The molecule has 0 radical (unpaired) electrons. The van der Waals surface area contributed by atoms with Crippen molar-refractivity contribution in [2.75, 3.05) is 11.5 Å². The maximum absolute atomic E-state index is 14.5. The van der Waals surface area contributed by atoms with E-state index in [-0.39, 0.29) is 18.5 Å². The van der Waals surface area contributed by atoms with E-state index in [1.165, 1.54) is 29.2 Å². The Morgan fingerprint density at radius 3 is 2.41 bits per heavy atom. The predicted octanol–water partition coefficient (Wildman–Crippen LogP) is 4.85. The normalized spacial score (nSPS) is 15.5. The Bertz CT molecular complexity index is 1230. The molecule has 3 amide bonds. The van der Waals surface area contributed by atoms with E-state index in [1.54, 1.807) is 48.5 Å². The number of benzene rings is 3. The van der Waals surface area contributed by atoms with E-state index in [2.05, 4.69) is 0 Å². The molecular weight excluding hydrogens is 459 g/mol. The molecule has 1 fully saturated rings. The molecule has 1 atom stereocenters. The van der Waals surface area contributed by atoms with Crippen LogP contribution in [0.4, 0.5) is 10.1 Å². The van der Waals surface area contributed by atoms with Crippen LogP contribution in [0.5, 0.6) is 5.75 Å². The fraction of sp³-hybridized carbons (Fsp3) is 0.192. The highest BCUT2D eigenvalue weighted by molar-refractivity contribution is 6.31. The summed E-state index contributed by atoms with van der Waals surface area (Å²) in [6.45, 7) is 2.28. The zero-order valence-corrected chi connectivity index (χ0v) is 19.2. The summed E-state index contributed by atoms with van der Waals surface area (Å²) in [5.41, 5.74) is 0.764. The first kappa shape index (κ1) is 23.4. The summed E-state index contributed by atoms with van der Waals surface area (Å²) in [5, 5.41) is 0.397. The van der Waals surface area contributed by atoms with Crippen LogP contribution >= 0.6 is 11.6 Å². The quantitative estimate of drug-likeness (QED) is 0.453. The number of nitrogens with zero attached hydrogens (tertiary/aromatic N) is 2. The standard InChI is InChI=1S/C26H22ClFN2O4/c1-2-34-19-13-11-18(12-14-19)30-24(31)15-23(26(30)33)29(16-17-7-3-5-9-21(17)27)25(32)20-8-4-6-10-22(20)28/h3-14,23H,2,15-16H2,1H3. The Kier molecular flexibility index (Phi) is 6.93. The molecule has 1 aliphatic rings. The lowest BCUT2D eigenvalue weighted by molar-refractivity contribution is -0.122. The summed E-state index contributed by atoms with van der Waals surface area (Å²) in [6, 6.07) is 17.9. The van der Waals surface area contributed by atoms with E-state index in [1.807, 2.05) is 6.92 Å². The zero-order chi connectivity index (χ0) is 24.2. The Labute approximate surface area is 201 Å². The number of hydrogen-bond donors (Lipinski definition) is 0. The SMILES string of the molecule is CCOc1ccc(N2C(=O)CC(N(Cc3ccccc3Cl)C(=O)c3ccccc3F)C2=O)cc1. The number of carbonyl (C=O) groups excluding carboxylic acids is 3. The van der Waals surface area contributed by atoms with Crippen molar-refractivity contribution < 1.29 is 23.5 Å². The Morgan fingerprint density at radius 2 is 1.74 bits per heavy atom. The number of amides is 3. The van der Waals surface area contributed by atoms with Crippen LogP contribution in [0.25, 0.3) is 0 Å². The van der Waals surface area contributed by atoms with E-state index in [4.69, 9.17) is 16.3 Å². The molecule has 174 valence electrons. The molecule has 0 saturated carbocycles. The second kappa shape index (κ2) is 10.1. The van der Waals surface area contributed by atoms with Gasteiger partial charge in [-0.15, -0.1) is 0 Å². The number of carbonyl (C=O) groups is 3. The van der Waals surface area contributed by atoms with Crippen LogP contribution < -0.4 is 9.64 Å². The van der Waals surface area contributed by atoms with Gasteiger partial charge >= 0.3 is 0 Å². The lowest BCUT2D eigenvalue weighted by Crippen LogP contribution is -2.45. The molecule has 0 aliphatic carbocycles. The van der Waals surface area contributed by atoms with E-state index < -0.39 is 29.6 Å². The van der Waals surface area contributed by atoms with Crippen LogP contribution in [0.2, 0.25) is 5.02 Å². The molecule has 0 N–H and O–H groups in total. The maximum atomic E-state index is 14.5. The molecule has 8 heteroatoms. The fourth-order valence-corrected chi connectivity index (χ4v) is 4.11. The average molecular weight is 481 g/mol. The van der Waals surface area contributed by atoms with Gasteiger partial charge in [-0.1, -0.05) is 41.9 Å². The van der Waals surface area contributed by atoms with Crippen molar-refractivity contribution in [3.8, 4) is 5.75 Å². The van der Waals surface area contributed by atoms with Gasteiger partial charge in [0.05, 0.1) is 24.3 Å². The summed E-state index contributed by atoms with van der Waals surface area (Å²) >= 11 is 6.30. The van der Waals surface area contributed by atoms with Crippen molar-refractivity contribution in [2.45, 2.75) is 25.9 Å². The molecule has 0 spiro atoms. The van der Waals surface area contributed by atoms with E-state index in [0.29, 0.717) is 28.6 Å². The predicted molar refractivity (Wildman–Crippen MR) is 126 cm³/mol. The molecule has 6 nitrogen and oxygen atoms in total. The third-order valence-corrected chi connectivity index (χ3v) is 5.94. The van der Waals surface area contributed by atoms with Crippen molar-refractivity contribution in [2.24, 2.45) is 0 Å². The molecule has 34 heavy (non-hydrogen) atoms. The van der Waals surface area contributed by atoms with Gasteiger partial charge in [0.25, 0.3) is 11.8 Å². The third-order valence-electron chi connectivity index (χ3n) is 5.57. The molecule has 1 heterocycles. The summed E-state index contributed by atoms with van der Waals surface area (Å²) in [7, 11) is 0. The highest BCUT2D eigenvalue weighted by Crippen LogP contribution is 2.30. The second-order valence-corrected chi connectivity index (χ2v) is 8.13. The molecular formula is C26H22ClFN2O4. The minimum absolute atomic E-state index is 0.0619. The van der Waals surface area contributed by atoms with Crippen LogP contribution in [0.3, 0.4) is 0 Å². The van der Waals surface area contributed by atoms with Crippen molar-refractivity contribution in [1.29, 1.82) is 0 Å². The highest BCUT2D eigenvalue weighted by Gasteiger charge is 2.45. The molecule has 0 aromatic heterocycles. The monoisotopic (exact) mass is 480 g/mol. The number of ether oxygens (including phenoxy) is 1. The Balaban J connectivity index is 1.69. The number of halogens is 2. The van der Waals surface area contributed by atoms with Crippen molar-refractivity contribution in [3.63, 3.8) is 0 Å². The molecule has 3 aromatic carbocycles. The Morgan fingerprint density at radius 1 is 1.06 bits per heavy atom. The van der Waals surface area contributed by atoms with Crippen molar-refractivity contribution >= 4 is 35.0 Å². The van der Waals surface area contributed by atoms with Crippen molar-refractivity contribution in [3.05, 3.63) is 94.8 Å². The Hall–Kier alpha value is -3.71.